The van der Waals surface area contributed by atoms with Gasteiger partial charge in [0.25, 0.3) is 0 Å². The van der Waals surface area contributed by atoms with E-state index in [0.29, 0.717) is 16.5 Å². The lowest BCUT2D eigenvalue weighted by Gasteiger charge is -2.20. The summed E-state index contributed by atoms with van der Waals surface area (Å²) in [5.41, 5.74) is -0.0357. The van der Waals surface area contributed by atoms with Gasteiger partial charge in [0.05, 0.1) is 15.6 Å². The van der Waals surface area contributed by atoms with Crippen molar-refractivity contribution in [3.05, 3.63) is 34.6 Å². The number of hydrogen-bond donors (Lipinski definition) is 1. The van der Waals surface area contributed by atoms with Gasteiger partial charge < -0.3 is 10.0 Å². The molecule has 1 atom stereocenters. The van der Waals surface area contributed by atoms with Crippen LogP contribution in [0, 0.1) is 5.82 Å². The van der Waals surface area contributed by atoms with Crippen molar-refractivity contribution < 1.29 is 9.50 Å². The van der Waals surface area contributed by atoms with Crippen molar-refractivity contribution in [1.29, 1.82) is 0 Å². The third-order valence-electron chi connectivity index (χ3n) is 3.49. The Morgan fingerprint density at radius 2 is 2.21 bits per heavy atom. The number of hydrogen-bond acceptors (Lipinski definition) is 3. The second kappa shape index (κ2) is 4.42. The molecule has 0 aliphatic carbocycles. The zero-order chi connectivity index (χ0) is 13.6. The SMILES string of the molecule is CC1(O)CCN(c2ccc3cc(Br)c(F)cc3n2)C1. The number of anilines is 1. The summed E-state index contributed by atoms with van der Waals surface area (Å²) in [5, 5.41) is 10.9. The maximum Gasteiger partial charge on any atom is 0.139 e. The molecule has 2 aromatic rings. The first-order chi connectivity index (χ1) is 8.94. The van der Waals surface area contributed by atoms with Gasteiger partial charge in [0.15, 0.2) is 0 Å². The molecule has 1 unspecified atom stereocenters. The van der Waals surface area contributed by atoms with Crippen LogP contribution in [0.2, 0.25) is 0 Å². The highest BCUT2D eigenvalue weighted by Gasteiger charge is 2.31. The number of β-amino-alcohol motifs (C(OH)–C–C–N with tert-alkyl or cyclic N) is 1. The number of aromatic nitrogens is 1. The van der Waals surface area contributed by atoms with Gasteiger partial charge in [-0.1, -0.05) is 0 Å². The minimum absolute atomic E-state index is 0.314. The molecule has 1 aliphatic rings. The topological polar surface area (TPSA) is 36.4 Å². The highest BCUT2D eigenvalue weighted by molar-refractivity contribution is 9.10. The fourth-order valence-corrected chi connectivity index (χ4v) is 2.78. The largest absolute Gasteiger partial charge is 0.388 e. The van der Waals surface area contributed by atoms with Crippen LogP contribution in [-0.4, -0.2) is 28.8 Å². The van der Waals surface area contributed by atoms with E-state index >= 15 is 0 Å². The molecule has 3 nitrogen and oxygen atoms in total. The van der Waals surface area contributed by atoms with Gasteiger partial charge in [0.2, 0.25) is 0 Å². The first kappa shape index (κ1) is 12.8. The summed E-state index contributed by atoms with van der Waals surface area (Å²) >= 11 is 3.17. The van der Waals surface area contributed by atoms with Gasteiger partial charge in [-0.05, 0) is 47.5 Å². The molecule has 1 aliphatic heterocycles. The first-order valence-electron chi connectivity index (χ1n) is 6.18. The van der Waals surface area contributed by atoms with Gasteiger partial charge >= 0.3 is 0 Å². The predicted octanol–water partition coefficient (Wildman–Crippen LogP) is 3.10. The minimum Gasteiger partial charge on any atom is -0.388 e. The number of nitrogens with zero attached hydrogens (tertiary/aromatic N) is 2. The molecule has 1 N–H and O–H groups in total. The van der Waals surface area contributed by atoms with Crippen molar-refractivity contribution in [1.82, 2.24) is 4.98 Å². The first-order valence-corrected chi connectivity index (χ1v) is 6.97. The van der Waals surface area contributed by atoms with E-state index in [0.717, 1.165) is 24.2 Å². The van der Waals surface area contributed by atoms with Crippen molar-refractivity contribution in [2.24, 2.45) is 0 Å². The number of benzene rings is 1. The van der Waals surface area contributed by atoms with Gasteiger partial charge in [0, 0.05) is 24.5 Å². The predicted molar refractivity (Wildman–Crippen MR) is 76.9 cm³/mol. The molecule has 0 amide bonds. The molecule has 0 radical (unpaired) electrons. The molecule has 0 saturated carbocycles. The average molecular weight is 325 g/mol. The minimum atomic E-state index is -0.665. The van der Waals surface area contributed by atoms with Gasteiger partial charge in [-0.15, -0.1) is 0 Å². The van der Waals surface area contributed by atoms with Crippen LogP contribution in [0.5, 0.6) is 0 Å². The summed E-state index contributed by atoms with van der Waals surface area (Å²) in [4.78, 5) is 6.51. The van der Waals surface area contributed by atoms with Crippen LogP contribution in [0.15, 0.2) is 28.7 Å². The molecule has 1 saturated heterocycles. The second-order valence-corrected chi connectivity index (χ2v) is 6.15. The van der Waals surface area contributed by atoms with E-state index in [-0.39, 0.29) is 5.82 Å². The number of fused-ring (bicyclic) bond motifs is 1. The molecule has 1 fully saturated rings. The maximum absolute atomic E-state index is 13.5. The molecule has 0 bridgehead atoms. The van der Waals surface area contributed by atoms with Gasteiger partial charge in [0.1, 0.15) is 11.6 Å². The number of pyridine rings is 1. The van der Waals surface area contributed by atoms with Crippen molar-refractivity contribution in [3.8, 4) is 0 Å². The van der Waals surface area contributed by atoms with Crippen LogP contribution in [0.25, 0.3) is 10.9 Å². The van der Waals surface area contributed by atoms with Crippen molar-refractivity contribution >= 4 is 32.7 Å². The Kier molecular flexibility index (Phi) is 2.98. The molecule has 1 aromatic heterocycles. The Balaban J connectivity index is 2.00. The van der Waals surface area contributed by atoms with Crippen molar-refractivity contribution in [3.63, 3.8) is 0 Å². The Labute approximate surface area is 119 Å². The number of rotatable bonds is 1. The average Bonchev–Trinajstić information content (AvgIpc) is 2.71. The summed E-state index contributed by atoms with van der Waals surface area (Å²) in [6, 6.07) is 6.99. The lowest BCUT2D eigenvalue weighted by Crippen LogP contribution is -2.29. The van der Waals surface area contributed by atoms with E-state index in [4.69, 9.17) is 0 Å². The van der Waals surface area contributed by atoms with Crippen LogP contribution in [0.1, 0.15) is 13.3 Å². The quantitative estimate of drug-likeness (QED) is 0.875. The Hall–Kier alpha value is -1.20. The Morgan fingerprint density at radius 3 is 2.89 bits per heavy atom. The molecule has 19 heavy (non-hydrogen) atoms. The second-order valence-electron chi connectivity index (χ2n) is 5.30. The van der Waals surface area contributed by atoms with Crippen LogP contribution in [0.3, 0.4) is 0 Å². The van der Waals surface area contributed by atoms with Crippen molar-refractivity contribution in [2.75, 3.05) is 18.0 Å². The summed E-state index contributed by atoms with van der Waals surface area (Å²) in [6.07, 6.45) is 0.724. The summed E-state index contributed by atoms with van der Waals surface area (Å²) in [7, 11) is 0. The Bertz CT molecular complexity index is 645. The zero-order valence-electron chi connectivity index (χ0n) is 10.5. The van der Waals surface area contributed by atoms with E-state index in [9.17, 15) is 9.50 Å². The zero-order valence-corrected chi connectivity index (χ0v) is 12.1. The van der Waals surface area contributed by atoms with E-state index in [2.05, 4.69) is 20.9 Å². The van der Waals surface area contributed by atoms with Crippen LogP contribution in [0.4, 0.5) is 10.2 Å². The third-order valence-corrected chi connectivity index (χ3v) is 4.10. The summed E-state index contributed by atoms with van der Waals surface area (Å²) < 4.78 is 14.0. The third kappa shape index (κ3) is 2.44. The molecule has 2 heterocycles. The van der Waals surface area contributed by atoms with Gasteiger partial charge in [-0.2, -0.15) is 0 Å². The fourth-order valence-electron chi connectivity index (χ4n) is 2.42. The van der Waals surface area contributed by atoms with Crippen LogP contribution < -0.4 is 4.90 Å². The molecular formula is C14H14BrFN2O. The lowest BCUT2D eigenvalue weighted by atomic mass is 10.1. The van der Waals surface area contributed by atoms with Crippen LogP contribution in [-0.2, 0) is 0 Å². The van der Waals surface area contributed by atoms with Crippen molar-refractivity contribution in [2.45, 2.75) is 18.9 Å². The molecule has 5 heteroatoms. The molecule has 100 valence electrons. The van der Waals surface area contributed by atoms with E-state index < -0.39 is 5.60 Å². The Morgan fingerprint density at radius 1 is 1.42 bits per heavy atom. The summed E-state index contributed by atoms with van der Waals surface area (Å²) in [5.74, 6) is 0.470. The fraction of sp³-hybridized carbons (Fsp3) is 0.357. The monoisotopic (exact) mass is 324 g/mol. The van der Waals surface area contributed by atoms with E-state index in [1.807, 2.05) is 24.0 Å². The standard InChI is InChI=1S/C14H14BrFN2O/c1-14(19)4-5-18(8-14)13-3-2-9-6-10(15)11(16)7-12(9)17-13/h2-3,6-7,19H,4-5,8H2,1H3. The molecule has 3 rings (SSSR count). The lowest BCUT2D eigenvalue weighted by molar-refractivity contribution is 0.0839. The maximum atomic E-state index is 13.5. The van der Waals surface area contributed by atoms with Crippen LogP contribution >= 0.6 is 15.9 Å². The highest BCUT2D eigenvalue weighted by Crippen LogP contribution is 2.28. The van der Waals surface area contributed by atoms with Gasteiger partial charge in [-0.3, -0.25) is 0 Å². The number of halogens is 2. The molecule has 0 spiro atoms. The number of aliphatic hydroxyl groups is 1. The molecule has 1 aromatic carbocycles. The normalized spacial score (nSPS) is 23.3. The van der Waals surface area contributed by atoms with Gasteiger partial charge in [-0.25, -0.2) is 9.37 Å². The van der Waals surface area contributed by atoms with E-state index in [1.54, 1.807) is 6.07 Å². The van der Waals surface area contributed by atoms with E-state index in [1.165, 1.54) is 6.07 Å². The molecular weight excluding hydrogens is 311 g/mol. The summed E-state index contributed by atoms with van der Waals surface area (Å²) in [6.45, 7) is 3.15. The highest BCUT2D eigenvalue weighted by atomic mass is 79.9. The smallest absolute Gasteiger partial charge is 0.139 e.